The van der Waals surface area contributed by atoms with Crippen molar-refractivity contribution in [3.63, 3.8) is 0 Å². The van der Waals surface area contributed by atoms with Crippen molar-refractivity contribution in [3.05, 3.63) is 70.3 Å². The second-order valence-corrected chi connectivity index (χ2v) is 8.57. The Morgan fingerprint density at radius 2 is 1.81 bits per heavy atom. The number of ether oxygens (including phenoxy) is 1. The minimum Gasteiger partial charge on any atom is -0.494 e. The molecule has 192 valence electrons. The van der Waals surface area contributed by atoms with Gasteiger partial charge in [0.05, 0.1) is 17.9 Å². The molecule has 2 heterocycles. The number of para-hydroxylation sites is 1. The first-order valence-electron chi connectivity index (χ1n) is 12.3. The van der Waals surface area contributed by atoms with Crippen LogP contribution in [0.15, 0.2) is 53.3 Å². The number of imidazole rings is 1. The van der Waals surface area contributed by atoms with Gasteiger partial charge in [0.25, 0.3) is 11.8 Å². The van der Waals surface area contributed by atoms with Crippen molar-refractivity contribution in [3.8, 4) is 22.8 Å². The molecule has 0 fully saturated rings. The number of H-pyrrole nitrogens is 1. The van der Waals surface area contributed by atoms with Crippen LogP contribution in [0.4, 0.5) is 0 Å². The van der Waals surface area contributed by atoms with Gasteiger partial charge in [0.1, 0.15) is 11.3 Å². The lowest BCUT2D eigenvalue weighted by atomic mass is 10.1. The SMILES string of the molecule is CCCC(CC)NC(=O)c1ccccc1-n1c(=O)[nH]c2c(C(N)=O)nc(-c3ccc(OCC)cc3)nc21. The molecule has 10 heteroatoms. The summed E-state index contributed by atoms with van der Waals surface area (Å²) < 4.78 is 6.77. The molecule has 4 aromatic rings. The Bertz CT molecular complexity index is 1490. The molecule has 37 heavy (non-hydrogen) atoms. The minimum absolute atomic E-state index is 0.0142. The van der Waals surface area contributed by atoms with Gasteiger partial charge in [-0.15, -0.1) is 0 Å². The maximum Gasteiger partial charge on any atom is 0.332 e. The molecular formula is C27H30N6O4. The number of carbonyl (C=O) groups excluding carboxylic acids is 2. The first-order valence-corrected chi connectivity index (χ1v) is 12.3. The van der Waals surface area contributed by atoms with Gasteiger partial charge in [0.2, 0.25) is 0 Å². The van der Waals surface area contributed by atoms with E-state index >= 15 is 0 Å². The van der Waals surface area contributed by atoms with Gasteiger partial charge < -0.3 is 20.8 Å². The van der Waals surface area contributed by atoms with Crippen molar-refractivity contribution < 1.29 is 14.3 Å². The van der Waals surface area contributed by atoms with Crippen LogP contribution in [0, 0.1) is 0 Å². The summed E-state index contributed by atoms with van der Waals surface area (Å²) >= 11 is 0. The van der Waals surface area contributed by atoms with E-state index in [1.165, 1.54) is 4.57 Å². The zero-order chi connectivity index (χ0) is 26.5. The molecule has 0 saturated heterocycles. The zero-order valence-electron chi connectivity index (χ0n) is 21.1. The molecule has 0 bridgehead atoms. The van der Waals surface area contributed by atoms with E-state index in [2.05, 4.69) is 27.2 Å². The van der Waals surface area contributed by atoms with Gasteiger partial charge in [-0.2, -0.15) is 0 Å². The summed E-state index contributed by atoms with van der Waals surface area (Å²) in [7, 11) is 0. The number of amides is 2. The predicted molar refractivity (Wildman–Crippen MR) is 141 cm³/mol. The Kier molecular flexibility index (Phi) is 7.66. The number of benzene rings is 2. The fourth-order valence-corrected chi connectivity index (χ4v) is 4.23. The third-order valence-electron chi connectivity index (χ3n) is 6.05. The Morgan fingerprint density at radius 3 is 2.46 bits per heavy atom. The lowest BCUT2D eigenvalue weighted by Gasteiger charge is -2.17. The first kappa shape index (κ1) is 25.6. The second-order valence-electron chi connectivity index (χ2n) is 8.57. The number of rotatable bonds is 10. The highest BCUT2D eigenvalue weighted by atomic mass is 16.5. The number of aromatic nitrogens is 4. The quantitative estimate of drug-likeness (QED) is 0.302. The van der Waals surface area contributed by atoms with Crippen LogP contribution in [0.5, 0.6) is 5.75 Å². The highest BCUT2D eigenvalue weighted by molar-refractivity contribution is 6.03. The van der Waals surface area contributed by atoms with Crippen LogP contribution in [0.3, 0.4) is 0 Å². The van der Waals surface area contributed by atoms with Crippen molar-refractivity contribution >= 4 is 23.0 Å². The van der Waals surface area contributed by atoms with Crippen molar-refractivity contribution in [1.82, 2.24) is 24.8 Å². The Hall–Kier alpha value is -4.47. The average molecular weight is 503 g/mol. The zero-order valence-corrected chi connectivity index (χ0v) is 21.1. The van der Waals surface area contributed by atoms with Gasteiger partial charge in [0.15, 0.2) is 17.2 Å². The minimum atomic E-state index is -0.815. The molecule has 1 unspecified atom stereocenters. The van der Waals surface area contributed by atoms with Crippen LogP contribution in [0.25, 0.3) is 28.2 Å². The Morgan fingerprint density at radius 1 is 1.08 bits per heavy atom. The number of nitrogens with one attached hydrogen (secondary N) is 2. The van der Waals surface area contributed by atoms with Crippen LogP contribution < -0.4 is 21.5 Å². The third-order valence-corrected chi connectivity index (χ3v) is 6.05. The van der Waals surface area contributed by atoms with Crippen LogP contribution in [0.2, 0.25) is 0 Å². The Labute approximate surface area is 213 Å². The lowest BCUT2D eigenvalue weighted by Crippen LogP contribution is -2.35. The van der Waals surface area contributed by atoms with Crippen LogP contribution in [0.1, 0.15) is 60.9 Å². The second kappa shape index (κ2) is 11.1. The number of fused-ring (bicyclic) bond motifs is 1. The first-order chi connectivity index (χ1) is 17.9. The number of aromatic amines is 1. The van der Waals surface area contributed by atoms with Gasteiger partial charge in [-0.1, -0.05) is 32.4 Å². The summed E-state index contributed by atoms with van der Waals surface area (Å²) in [6.07, 6.45) is 2.57. The molecule has 0 aliphatic rings. The van der Waals surface area contributed by atoms with E-state index in [1.807, 2.05) is 13.8 Å². The smallest absolute Gasteiger partial charge is 0.332 e. The van der Waals surface area contributed by atoms with Gasteiger partial charge in [-0.05, 0) is 56.2 Å². The van der Waals surface area contributed by atoms with Crippen molar-refractivity contribution in [2.45, 2.75) is 46.1 Å². The van der Waals surface area contributed by atoms with E-state index in [9.17, 15) is 14.4 Å². The van der Waals surface area contributed by atoms with E-state index in [0.717, 1.165) is 19.3 Å². The number of hydrogen-bond acceptors (Lipinski definition) is 6. The Balaban J connectivity index is 1.88. The predicted octanol–water partition coefficient (Wildman–Crippen LogP) is 3.58. The fraction of sp³-hybridized carbons (Fsp3) is 0.296. The molecule has 4 rings (SSSR count). The normalized spacial score (nSPS) is 11.9. The summed E-state index contributed by atoms with van der Waals surface area (Å²) in [6.45, 7) is 6.49. The van der Waals surface area contributed by atoms with E-state index < -0.39 is 11.6 Å². The molecule has 0 aliphatic heterocycles. The van der Waals surface area contributed by atoms with Crippen molar-refractivity contribution in [2.24, 2.45) is 5.73 Å². The number of nitrogens with two attached hydrogens (primary N) is 1. The van der Waals surface area contributed by atoms with E-state index in [0.29, 0.717) is 29.2 Å². The molecular weight excluding hydrogens is 472 g/mol. The maximum absolute atomic E-state index is 13.2. The highest BCUT2D eigenvalue weighted by Crippen LogP contribution is 2.25. The molecule has 0 aliphatic carbocycles. The van der Waals surface area contributed by atoms with Crippen molar-refractivity contribution in [2.75, 3.05) is 6.61 Å². The molecule has 4 N–H and O–H groups in total. The molecule has 0 saturated carbocycles. The standard InChI is InChI=1S/C27H30N6O4/c1-4-9-17(5-2)29-26(35)19-10-7-8-11-20(19)33-25-22(31-27(33)36)21(23(28)34)30-24(32-25)16-12-14-18(15-13-16)37-6-3/h7-8,10-15,17H,4-6,9H2,1-3H3,(H2,28,34)(H,29,35)(H,31,36). The molecule has 0 radical (unpaired) electrons. The maximum atomic E-state index is 13.2. The van der Waals surface area contributed by atoms with Crippen LogP contribution >= 0.6 is 0 Å². The van der Waals surface area contributed by atoms with Crippen molar-refractivity contribution in [1.29, 1.82) is 0 Å². The topological polar surface area (TPSA) is 145 Å². The lowest BCUT2D eigenvalue weighted by molar-refractivity contribution is 0.0932. The largest absolute Gasteiger partial charge is 0.494 e. The number of carbonyl (C=O) groups is 2. The molecule has 0 spiro atoms. The van der Waals surface area contributed by atoms with Gasteiger partial charge in [-0.25, -0.2) is 19.3 Å². The van der Waals surface area contributed by atoms with E-state index in [4.69, 9.17) is 10.5 Å². The van der Waals surface area contributed by atoms with Gasteiger partial charge in [-0.3, -0.25) is 9.59 Å². The third kappa shape index (κ3) is 5.23. The molecule has 2 amide bonds. The number of hydrogen-bond donors (Lipinski definition) is 3. The van der Waals surface area contributed by atoms with Gasteiger partial charge in [0, 0.05) is 11.6 Å². The summed E-state index contributed by atoms with van der Waals surface area (Å²) in [5, 5.41) is 3.05. The molecule has 2 aromatic heterocycles. The summed E-state index contributed by atoms with van der Waals surface area (Å²) in [5.74, 6) is -0.236. The summed E-state index contributed by atoms with van der Waals surface area (Å²) in [6, 6.07) is 13.8. The fourth-order valence-electron chi connectivity index (χ4n) is 4.23. The molecule has 2 aromatic carbocycles. The highest BCUT2D eigenvalue weighted by Gasteiger charge is 2.23. The van der Waals surface area contributed by atoms with Crippen LogP contribution in [-0.4, -0.2) is 44.0 Å². The summed E-state index contributed by atoms with van der Waals surface area (Å²) in [4.78, 5) is 50.3. The van der Waals surface area contributed by atoms with Gasteiger partial charge >= 0.3 is 5.69 Å². The molecule has 10 nitrogen and oxygen atoms in total. The summed E-state index contributed by atoms with van der Waals surface area (Å²) in [5.41, 5.74) is 6.39. The number of nitrogens with zero attached hydrogens (tertiary/aromatic N) is 3. The monoisotopic (exact) mass is 502 g/mol. The molecule has 1 atom stereocenters. The average Bonchev–Trinajstić information content (AvgIpc) is 3.23. The van der Waals surface area contributed by atoms with E-state index in [-0.39, 0.29) is 34.6 Å². The van der Waals surface area contributed by atoms with Crippen LogP contribution in [-0.2, 0) is 0 Å². The number of primary amides is 1. The van der Waals surface area contributed by atoms with E-state index in [1.54, 1.807) is 48.5 Å².